The lowest BCUT2D eigenvalue weighted by Crippen LogP contribution is -2.34. The second-order valence-electron chi connectivity index (χ2n) is 7.13. The van der Waals surface area contributed by atoms with Crippen LogP contribution in [0.5, 0.6) is 0 Å². The van der Waals surface area contributed by atoms with Crippen molar-refractivity contribution in [2.45, 2.75) is 27.2 Å². The molecule has 2 amide bonds. The summed E-state index contributed by atoms with van der Waals surface area (Å²) in [6.07, 6.45) is 0.888. The molecular formula is C23H26N2O3. The number of amides is 2. The van der Waals surface area contributed by atoms with Gasteiger partial charge in [0.15, 0.2) is 0 Å². The fourth-order valence-corrected chi connectivity index (χ4v) is 3.41. The van der Waals surface area contributed by atoms with Gasteiger partial charge in [0.1, 0.15) is 5.70 Å². The van der Waals surface area contributed by atoms with E-state index < -0.39 is 0 Å². The molecule has 2 aromatic rings. The highest BCUT2D eigenvalue weighted by Crippen LogP contribution is 2.35. The topological polar surface area (TPSA) is 60.9 Å². The first-order valence-electron chi connectivity index (χ1n) is 9.50. The van der Waals surface area contributed by atoms with Gasteiger partial charge in [-0.05, 0) is 54.7 Å². The van der Waals surface area contributed by atoms with Crippen molar-refractivity contribution >= 4 is 23.1 Å². The molecule has 0 bridgehead atoms. The zero-order valence-electron chi connectivity index (χ0n) is 16.8. The Hall–Kier alpha value is -2.92. The molecule has 28 heavy (non-hydrogen) atoms. The van der Waals surface area contributed by atoms with Crippen LogP contribution in [0.2, 0.25) is 0 Å². The second-order valence-corrected chi connectivity index (χ2v) is 7.13. The van der Waals surface area contributed by atoms with Crippen LogP contribution in [0.15, 0.2) is 48.2 Å². The van der Waals surface area contributed by atoms with Crippen molar-refractivity contribution in [1.29, 1.82) is 0 Å². The third kappa shape index (κ3) is 3.45. The average molecular weight is 378 g/mol. The molecule has 0 radical (unpaired) electrons. The van der Waals surface area contributed by atoms with Crippen LogP contribution in [-0.4, -0.2) is 42.0 Å². The van der Waals surface area contributed by atoms with Crippen LogP contribution < -0.4 is 4.90 Å². The highest BCUT2D eigenvalue weighted by atomic mass is 16.3. The van der Waals surface area contributed by atoms with Crippen molar-refractivity contribution < 1.29 is 14.7 Å². The zero-order valence-corrected chi connectivity index (χ0v) is 16.8. The van der Waals surface area contributed by atoms with Crippen LogP contribution in [0.1, 0.15) is 29.2 Å². The first-order chi connectivity index (χ1) is 13.4. The Morgan fingerprint density at radius 1 is 0.964 bits per heavy atom. The first-order valence-corrected chi connectivity index (χ1v) is 9.50. The van der Waals surface area contributed by atoms with Gasteiger partial charge in [-0.2, -0.15) is 0 Å². The lowest BCUT2D eigenvalue weighted by atomic mass is 9.99. The summed E-state index contributed by atoms with van der Waals surface area (Å²) in [5.41, 5.74) is 5.29. The lowest BCUT2D eigenvalue weighted by Gasteiger charge is -2.20. The van der Waals surface area contributed by atoms with E-state index >= 15 is 0 Å². The van der Waals surface area contributed by atoms with E-state index in [1.807, 2.05) is 56.3 Å². The van der Waals surface area contributed by atoms with Crippen LogP contribution in [-0.2, 0) is 16.0 Å². The maximum Gasteiger partial charge on any atom is 0.282 e. The highest BCUT2D eigenvalue weighted by Gasteiger charge is 2.41. The molecule has 0 fully saturated rings. The van der Waals surface area contributed by atoms with Crippen molar-refractivity contribution in [3.05, 3.63) is 70.4 Å². The smallest absolute Gasteiger partial charge is 0.282 e. The fourth-order valence-electron chi connectivity index (χ4n) is 3.41. The van der Waals surface area contributed by atoms with Crippen molar-refractivity contribution in [3.63, 3.8) is 0 Å². The van der Waals surface area contributed by atoms with E-state index in [0.29, 0.717) is 22.5 Å². The summed E-state index contributed by atoms with van der Waals surface area (Å²) in [6, 6.07) is 13.2. The number of likely N-dealkylation sites (N-methyl/N-ethyl adjacent to an activating group) is 1. The van der Waals surface area contributed by atoms with Gasteiger partial charge in [0.05, 0.1) is 17.9 Å². The monoisotopic (exact) mass is 378 g/mol. The van der Waals surface area contributed by atoms with Crippen molar-refractivity contribution in [3.8, 4) is 0 Å². The lowest BCUT2D eigenvalue weighted by molar-refractivity contribution is -0.120. The van der Waals surface area contributed by atoms with Gasteiger partial charge in [0, 0.05) is 13.6 Å². The van der Waals surface area contributed by atoms with Crippen LogP contribution in [0, 0.1) is 13.8 Å². The van der Waals surface area contributed by atoms with Gasteiger partial charge in [-0.3, -0.25) is 9.59 Å². The number of hydrogen-bond donors (Lipinski definition) is 1. The van der Waals surface area contributed by atoms with Gasteiger partial charge in [0.2, 0.25) is 0 Å². The Morgan fingerprint density at radius 2 is 1.64 bits per heavy atom. The predicted molar refractivity (Wildman–Crippen MR) is 111 cm³/mol. The summed E-state index contributed by atoms with van der Waals surface area (Å²) in [4.78, 5) is 29.5. The Labute approximate surface area is 165 Å². The van der Waals surface area contributed by atoms with Crippen LogP contribution in [0.4, 0.5) is 5.69 Å². The predicted octanol–water partition coefficient (Wildman–Crippen LogP) is 3.07. The molecule has 0 saturated carbocycles. The van der Waals surface area contributed by atoms with E-state index in [1.165, 1.54) is 4.90 Å². The number of benzene rings is 2. The van der Waals surface area contributed by atoms with E-state index in [-0.39, 0.29) is 25.0 Å². The summed E-state index contributed by atoms with van der Waals surface area (Å²) in [7, 11) is 1.72. The maximum absolute atomic E-state index is 13.3. The number of aliphatic hydroxyl groups is 1. The Kier molecular flexibility index (Phi) is 5.66. The Balaban J connectivity index is 2.11. The minimum atomic E-state index is -0.363. The van der Waals surface area contributed by atoms with Crippen LogP contribution in [0.25, 0.3) is 5.57 Å². The molecule has 2 aromatic carbocycles. The van der Waals surface area contributed by atoms with E-state index in [0.717, 1.165) is 23.1 Å². The number of carbonyl (C=O) groups excluding carboxylic acids is 2. The van der Waals surface area contributed by atoms with Gasteiger partial charge in [0.25, 0.3) is 11.8 Å². The molecule has 1 N–H and O–H groups in total. The first kappa shape index (κ1) is 19.8. The van der Waals surface area contributed by atoms with E-state index in [1.54, 1.807) is 11.9 Å². The Morgan fingerprint density at radius 3 is 2.21 bits per heavy atom. The number of hydrogen-bond acceptors (Lipinski definition) is 4. The number of carbonyl (C=O) groups is 2. The summed E-state index contributed by atoms with van der Waals surface area (Å²) in [5, 5.41) is 9.35. The number of nitrogens with zero attached hydrogens (tertiary/aromatic N) is 2. The number of aliphatic hydroxyl groups excluding tert-OH is 1. The van der Waals surface area contributed by atoms with Gasteiger partial charge in [-0.15, -0.1) is 0 Å². The molecule has 0 saturated heterocycles. The van der Waals surface area contributed by atoms with E-state index in [2.05, 4.69) is 6.92 Å². The minimum absolute atomic E-state index is 0.104. The molecule has 0 spiro atoms. The van der Waals surface area contributed by atoms with Gasteiger partial charge in [-0.1, -0.05) is 37.3 Å². The molecule has 1 aliphatic heterocycles. The summed E-state index contributed by atoms with van der Waals surface area (Å²) >= 11 is 0. The van der Waals surface area contributed by atoms with Crippen molar-refractivity contribution in [1.82, 2.24) is 4.90 Å². The van der Waals surface area contributed by atoms with Crippen LogP contribution >= 0.6 is 0 Å². The molecule has 146 valence electrons. The Bertz CT molecular complexity index is 945. The van der Waals surface area contributed by atoms with E-state index in [9.17, 15) is 14.7 Å². The second kappa shape index (κ2) is 7.98. The highest BCUT2D eigenvalue weighted by molar-refractivity contribution is 6.45. The van der Waals surface area contributed by atoms with E-state index in [4.69, 9.17) is 0 Å². The SMILES string of the molecule is CCc1ccc(N2C(=O)C(c3ccc(C)c(C)c3)=C(N(C)CCO)C2=O)cc1. The molecule has 5 nitrogen and oxygen atoms in total. The molecule has 3 rings (SSSR count). The van der Waals surface area contributed by atoms with Crippen molar-refractivity contribution in [2.24, 2.45) is 0 Å². The third-order valence-electron chi connectivity index (χ3n) is 5.27. The van der Waals surface area contributed by atoms with Gasteiger partial charge < -0.3 is 10.0 Å². The maximum atomic E-state index is 13.3. The summed E-state index contributed by atoms with van der Waals surface area (Å²) in [5.74, 6) is -0.698. The number of rotatable bonds is 6. The van der Waals surface area contributed by atoms with Crippen molar-refractivity contribution in [2.75, 3.05) is 25.1 Å². The normalized spacial score (nSPS) is 14.2. The van der Waals surface area contributed by atoms with Gasteiger partial charge >= 0.3 is 0 Å². The van der Waals surface area contributed by atoms with Gasteiger partial charge in [-0.25, -0.2) is 4.90 Å². The molecule has 1 aliphatic rings. The minimum Gasteiger partial charge on any atom is -0.395 e. The molecule has 1 heterocycles. The zero-order chi connectivity index (χ0) is 20.4. The number of aryl methyl sites for hydroxylation is 3. The third-order valence-corrected chi connectivity index (χ3v) is 5.27. The quantitative estimate of drug-likeness (QED) is 0.785. The fraction of sp³-hybridized carbons (Fsp3) is 0.304. The van der Waals surface area contributed by atoms with Crippen LogP contribution in [0.3, 0.4) is 0 Å². The molecule has 0 aliphatic carbocycles. The summed E-state index contributed by atoms with van der Waals surface area (Å²) in [6.45, 7) is 6.22. The largest absolute Gasteiger partial charge is 0.395 e. The molecule has 0 aromatic heterocycles. The standard InChI is InChI=1S/C23H26N2O3/c1-5-17-7-10-19(11-8-17)25-22(27)20(18-9-6-15(2)16(3)14-18)21(23(25)28)24(4)12-13-26/h6-11,14,26H,5,12-13H2,1-4H3. The average Bonchev–Trinajstić information content (AvgIpc) is 2.94. The molecular weight excluding hydrogens is 352 g/mol. The number of anilines is 1. The molecule has 0 atom stereocenters. The summed E-state index contributed by atoms with van der Waals surface area (Å²) < 4.78 is 0. The number of imide groups is 1. The molecule has 5 heteroatoms. The molecule has 0 unspecified atom stereocenters.